The van der Waals surface area contributed by atoms with Crippen molar-refractivity contribution in [2.24, 2.45) is 0 Å². The lowest BCUT2D eigenvalue weighted by atomic mass is 9.98. The number of hydrogen-bond acceptors (Lipinski definition) is 6. The molecule has 154 valence electrons. The number of hydrogen-bond donors (Lipinski definition) is 4. The van der Waals surface area contributed by atoms with Gasteiger partial charge in [-0.15, -0.1) is 0 Å². The number of rotatable bonds is 5. The first kappa shape index (κ1) is 20.0. The maximum atomic E-state index is 10.5. The highest BCUT2D eigenvalue weighted by molar-refractivity contribution is 5.82. The lowest BCUT2D eigenvalue weighted by Crippen LogP contribution is -2.56. The van der Waals surface area contributed by atoms with Crippen molar-refractivity contribution in [3.05, 3.63) is 65.4 Å². The summed E-state index contributed by atoms with van der Waals surface area (Å²) in [6.07, 6.45) is -4.64. The fourth-order valence-corrected chi connectivity index (χ4v) is 3.85. The zero-order valence-corrected chi connectivity index (χ0v) is 16.2. The van der Waals surface area contributed by atoms with E-state index in [0.717, 1.165) is 28.6 Å². The number of aryl methyl sites for hydroxylation is 1. The predicted molar refractivity (Wildman–Crippen MR) is 107 cm³/mol. The largest absolute Gasteiger partial charge is 0.394 e. The number of para-hydroxylation sites is 1. The lowest BCUT2D eigenvalue weighted by molar-refractivity contribution is -0.252. The van der Waals surface area contributed by atoms with Crippen molar-refractivity contribution in [2.75, 3.05) is 6.61 Å². The smallest absolute Gasteiger partial charge is 0.179 e. The van der Waals surface area contributed by atoms with Gasteiger partial charge in [0.25, 0.3) is 0 Å². The average molecular weight is 398 g/mol. The van der Waals surface area contributed by atoms with E-state index in [4.69, 9.17) is 4.74 Å². The van der Waals surface area contributed by atoms with Crippen LogP contribution in [0.25, 0.3) is 10.9 Å². The number of benzene rings is 2. The second-order valence-corrected chi connectivity index (χ2v) is 7.47. The molecule has 2 heterocycles. The Kier molecular flexibility index (Phi) is 5.67. The van der Waals surface area contributed by atoms with E-state index in [-0.39, 0.29) is 0 Å². The molecule has 1 aliphatic heterocycles. The maximum Gasteiger partial charge on any atom is 0.179 e. The second-order valence-electron chi connectivity index (χ2n) is 7.47. The number of aliphatic hydroxyl groups excluding tert-OH is 4. The monoisotopic (exact) mass is 398 g/mol. The minimum Gasteiger partial charge on any atom is -0.394 e. The molecule has 0 bridgehead atoms. The van der Waals surface area contributed by atoms with Crippen LogP contribution in [0.2, 0.25) is 0 Å². The first-order valence-corrected chi connectivity index (χ1v) is 9.88. The van der Waals surface area contributed by atoms with Gasteiger partial charge in [0.05, 0.1) is 17.8 Å². The molecule has 1 fully saturated rings. The summed E-state index contributed by atoms with van der Waals surface area (Å²) in [5.74, 6) is 0. The van der Waals surface area contributed by atoms with Crippen LogP contribution in [-0.2, 0) is 17.6 Å². The van der Waals surface area contributed by atoms with Gasteiger partial charge in [-0.05, 0) is 23.6 Å². The van der Waals surface area contributed by atoms with Crippen molar-refractivity contribution < 1.29 is 25.2 Å². The van der Waals surface area contributed by atoms with Crippen LogP contribution in [-0.4, -0.2) is 61.2 Å². The van der Waals surface area contributed by atoms with E-state index in [9.17, 15) is 20.4 Å². The summed E-state index contributed by atoms with van der Waals surface area (Å²) in [7, 11) is 0. The van der Waals surface area contributed by atoms with E-state index in [2.05, 4.69) is 36.3 Å². The number of aromatic nitrogens is 2. The molecule has 1 aromatic heterocycles. The standard InChI is InChI=1S/C22H26N2O5/c1-2-13-7-9-14(10-8-13)11-16-15-5-3-4-6-17(15)24(23-16)22-21(28)20(27)19(26)18(12-25)29-22/h3-10,18-22,25-28H,2,11-12H2,1H3/t18-,19-,20+,21-,22-/m1/s1. The van der Waals surface area contributed by atoms with Crippen molar-refractivity contribution in [1.82, 2.24) is 9.78 Å². The molecule has 5 atom stereocenters. The third-order valence-corrected chi connectivity index (χ3v) is 5.60. The van der Waals surface area contributed by atoms with Gasteiger partial charge in [0.1, 0.15) is 24.4 Å². The van der Waals surface area contributed by atoms with E-state index >= 15 is 0 Å². The molecular formula is C22H26N2O5. The van der Waals surface area contributed by atoms with Gasteiger partial charge in [-0.2, -0.15) is 5.10 Å². The third-order valence-electron chi connectivity index (χ3n) is 5.60. The SMILES string of the molecule is CCc1ccc(Cc2nn([C@@H]3O[C@H](CO)[C@@H](O)[C@H](O)[C@H]3O)c3ccccc23)cc1. The summed E-state index contributed by atoms with van der Waals surface area (Å²) >= 11 is 0. The highest BCUT2D eigenvalue weighted by Gasteiger charge is 2.45. The summed E-state index contributed by atoms with van der Waals surface area (Å²) in [6.45, 7) is 1.64. The van der Waals surface area contributed by atoms with E-state index in [1.54, 1.807) is 0 Å². The molecule has 4 rings (SSSR count). The molecule has 7 heteroatoms. The van der Waals surface area contributed by atoms with Gasteiger partial charge in [-0.25, -0.2) is 4.68 Å². The molecule has 0 saturated carbocycles. The van der Waals surface area contributed by atoms with Gasteiger partial charge in [-0.3, -0.25) is 0 Å². The van der Waals surface area contributed by atoms with Crippen molar-refractivity contribution in [3.8, 4) is 0 Å². The first-order chi connectivity index (χ1) is 14.0. The summed E-state index contributed by atoms with van der Waals surface area (Å²) in [6, 6.07) is 16.0. The zero-order chi connectivity index (χ0) is 20.5. The Morgan fingerprint density at radius 3 is 2.31 bits per heavy atom. The number of fused-ring (bicyclic) bond motifs is 1. The molecule has 0 radical (unpaired) electrons. The maximum absolute atomic E-state index is 10.5. The molecular weight excluding hydrogens is 372 g/mol. The van der Waals surface area contributed by atoms with Crippen LogP contribution in [0.5, 0.6) is 0 Å². The van der Waals surface area contributed by atoms with Crippen LogP contribution >= 0.6 is 0 Å². The molecule has 3 aromatic rings. The number of aliphatic hydroxyl groups is 4. The Hall–Kier alpha value is -2.29. The van der Waals surface area contributed by atoms with E-state index in [0.29, 0.717) is 6.42 Å². The average Bonchev–Trinajstić information content (AvgIpc) is 3.11. The van der Waals surface area contributed by atoms with Crippen LogP contribution in [0.1, 0.15) is 30.0 Å². The summed E-state index contributed by atoms with van der Waals surface area (Å²) < 4.78 is 7.24. The fraction of sp³-hybridized carbons (Fsp3) is 0.409. The van der Waals surface area contributed by atoms with Crippen LogP contribution in [0, 0.1) is 0 Å². The minimum atomic E-state index is -1.45. The Bertz CT molecular complexity index is 969. The Labute approximate surface area is 168 Å². The highest BCUT2D eigenvalue weighted by atomic mass is 16.6. The Morgan fingerprint density at radius 1 is 0.931 bits per heavy atom. The fourth-order valence-electron chi connectivity index (χ4n) is 3.85. The lowest BCUT2D eigenvalue weighted by Gasteiger charge is -2.40. The van der Waals surface area contributed by atoms with Gasteiger partial charge in [0.15, 0.2) is 6.23 Å². The molecule has 4 N–H and O–H groups in total. The molecule has 0 spiro atoms. The number of ether oxygens (including phenoxy) is 1. The van der Waals surface area contributed by atoms with Crippen LogP contribution in [0.15, 0.2) is 48.5 Å². The van der Waals surface area contributed by atoms with Crippen molar-refractivity contribution in [1.29, 1.82) is 0 Å². The zero-order valence-electron chi connectivity index (χ0n) is 16.2. The summed E-state index contributed by atoms with van der Waals surface area (Å²) in [5, 5.41) is 45.8. The van der Waals surface area contributed by atoms with Crippen molar-refractivity contribution in [3.63, 3.8) is 0 Å². The summed E-state index contributed by atoms with van der Waals surface area (Å²) in [4.78, 5) is 0. The van der Waals surface area contributed by atoms with Gasteiger partial charge >= 0.3 is 0 Å². The Morgan fingerprint density at radius 2 is 1.62 bits per heavy atom. The molecule has 29 heavy (non-hydrogen) atoms. The van der Waals surface area contributed by atoms with E-state index in [1.807, 2.05) is 24.3 Å². The van der Waals surface area contributed by atoms with E-state index < -0.39 is 37.3 Å². The molecule has 2 aromatic carbocycles. The molecule has 0 amide bonds. The predicted octanol–water partition coefficient (Wildman–Crippen LogP) is 1.16. The molecule has 0 aliphatic carbocycles. The minimum absolute atomic E-state index is 0.475. The molecule has 0 unspecified atom stereocenters. The molecule has 1 aliphatic rings. The topological polar surface area (TPSA) is 108 Å². The van der Waals surface area contributed by atoms with Gasteiger partial charge in [0, 0.05) is 11.8 Å². The summed E-state index contributed by atoms with van der Waals surface area (Å²) in [5.41, 5.74) is 3.95. The van der Waals surface area contributed by atoms with Gasteiger partial charge in [0.2, 0.25) is 0 Å². The van der Waals surface area contributed by atoms with Crippen molar-refractivity contribution >= 4 is 10.9 Å². The van der Waals surface area contributed by atoms with Gasteiger partial charge in [-0.1, -0.05) is 49.4 Å². The van der Waals surface area contributed by atoms with Crippen LogP contribution in [0.3, 0.4) is 0 Å². The van der Waals surface area contributed by atoms with Crippen LogP contribution in [0.4, 0.5) is 0 Å². The van der Waals surface area contributed by atoms with Gasteiger partial charge < -0.3 is 25.2 Å². The van der Waals surface area contributed by atoms with Crippen LogP contribution < -0.4 is 0 Å². The van der Waals surface area contributed by atoms with Crippen molar-refractivity contribution in [2.45, 2.75) is 50.4 Å². The molecule has 7 nitrogen and oxygen atoms in total. The molecule has 1 saturated heterocycles. The van der Waals surface area contributed by atoms with E-state index in [1.165, 1.54) is 10.2 Å². The quantitative estimate of drug-likeness (QED) is 0.514. The third kappa shape index (κ3) is 3.68. The number of nitrogens with zero attached hydrogens (tertiary/aromatic N) is 2. The first-order valence-electron chi connectivity index (χ1n) is 9.88. The normalized spacial score (nSPS) is 27.4. The Balaban J connectivity index is 1.72. The highest BCUT2D eigenvalue weighted by Crippen LogP contribution is 2.32. The second kappa shape index (κ2) is 8.22.